The number of nitrogens with zero attached hydrogens (tertiary/aromatic N) is 2. The van der Waals surface area contributed by atoms with E-state index in [9.17, 15) is 4.39 Å². The van der Waals surface area contributed by atoms with Gasteiger partial charge in [-0.2, -0.15) is 0 Å². The highest BCUT2D eigenvalue weighted by Gasteiger charge is 2.46. The lowest BCUT2D eigenvalue weighted by Crippen LogP contribution is -2.48. The highest BCUT2D eigenvalue weighted by Crippen LogP contribution is 2.48. The quantitative estimate of drug-likeness (QED) is 0.600. The lowest BCUT2D eigenvalue weighted by molar-refractivity contribution is -0.0367. The molecule has 3 aliphatic rings. The predicted molar refractivity (Wildman–Crippen MR) is 108 cm³/mol. The zero-order chi connectivity index (χ0) is 19.4. The first-order valence-corrected chi connectivity index (χ1v) is 10.6. The molecule has 1 atom stereocenters. The standard InChI is InChI=1S/C22H32FN3O2/c1-24-21(25-16-22(10-11-22)19-6-2-3-7-20(19)23)26-12-8-17(9-13-26)28-15-18-5-4-14-27-18/h2-3,6-7,17-18H,4-5,8-16H2,1H3,(H,24,25). The monoisotopic (exact) mass is 389 g/mol. The normalized spacial score (nSPS) is 25.1. The molecule has 1 N–H and O–H groups in total. The number of ether oxygens (including phenoxy) is 2. The third-order valence-electron chi connectivity index (χ3n) is 6.38. The Balaban J connectivity index is 1.24. The van der Waals surface area contributed by atoms with E-state index in [0.29, 0.717) is 12.2 Å². The first-order chi connectivity index (χ1) is 13.7. The van der Waals surface area contributed by atoms with Gasteiger partial charge in [0, 0.05) is 38.7 Å². The fourth-order valence-corrected chi connectivity index (χ4v) is 4.42. The molecule has 1 aliphatic carbocycles. The second-order valence-electron chi connectivity index (χ2n) is 8.32. The summed E-state index contributed by atoms with van der Waals surface area (Å²) in [4.78, 5) is 6.76. The number of guanidine groups is 1. The fraction of sp³-hybridized carbons (Fsp3) is 0.682. The summed E-state index contributed by atoms with van der Waals surface area (Å²) in [7, 11) is 1.82. The highest BCUT2D eigenvalue weighted by molar-refractivity contribution is 5.80. The summed E-state index contributed by atoms with van der Waals surface area (Å²) in [6.07, 6.45) is 6.95. The van der Waals surface area contributed by atoms with Gasteiger partial charge in [-0.1, -0.05) is 18.2 Å². The molecular formula is C22H32FN3O2. The summed E-state index contributed by atoms with van der Waals surface area (Å²) in [6.45, 7) is 4.20. The van der Waals surface area contributed by atoms with Gasteiger partial charge in [0.1, 0.15) is 5.82 Å². The van der Waals surface area contributed by atoms with Crippen molar-refractivity contribution >= 4 is 5.96 Å². The van der Waals surface area contributed by atoms with Crippen LogP contribution in [0.1, 0.15) is 44.1 Å². The summed E-state index contributed by atoms with van der Waals surface area (Å²) in [5.41, 5.74) is 0.753. The van der Waals surface area contributed by atoms with Gasteiger partial charge in [0.25, 0.3) is 0 Å². The van der Waals surface area contributed by atoms with Crippen LogP contribution >= 0.6 is 0 Å². The maximum absolute atomic E-state index is 14.2. The average molecular weight is 390 g/mol. The van der Waals surface area contributed by atoms with E-state index in [2.05, 4.69) is 15.2 Å². The number of hydrogen-bond acceptors (Lipinski definition) is 3. The van der Waals surface area contributed by atoms with Gasteiger partial charge in [0.15, 0.2) is 5.96 Å². The molecule has 3 fully saturated rings. The Bertz CT molecular complexity index is 678. The Morgan fingerprint density at radius 1 is 1.29 bits per heavy atom. The van der Waals surface area contributed by atoms with Gasteiger partial charge in [0.05, 0.1) is 18.8 Å². The van der Waals surface area contributed by atoms with Crippen molar-refractivity contribution in [2.45, 2.75) is 56.1 Å². The minimum absolute atomic E-state index is 0.0794. The van der Waals surface area contributed by atoms with Gasteiger partial charge >= 0.3 is 0 Å². The Labute approximate surface area is 167 Å². The van der Waals surface area contributed by atoms with Crippen LogP contribution < -0.4 is 5.32 Å². The minimum Gasteiger partial charge on any atom is -0.376 e. The maximum Gasteiger partial charge on any atom is 0.193 e. The van der Waals surface area contributed by atoms with Crippen molar-refractivity contribution in [1.29, 1.82) is 0 Å². The topological polar surface area (TPSA) is 46.1 Å². The van der Waals surface area contributed by atoms with E-state index >= 15 is 0 Å². The van der Waals surface area contributed by atoms with E-state index in [4.69, 9.17) is 9.47 Å². The summed E-state index contributed by atoms with van der Waals surface area (Å²) in [6, 6.07) is 7.16. The Kier molecular flexibility index (Phi) is 6.16. The molecule has 6 heteroatoms. The first kappa shape index (κ1) is 19.6. The Morgan fingerprint density at radius 2 is 2.07 bits per heavy atom. The SMILES string of the molecule is CN=C(NCC1(c2ccccc2F)CC1)N1CCC(OCC2CCCO2)CC1. The molecule has 0 bridgehead atoms. The smallest absolute Gasteiger partial charge is 0.193 e. The molecule has 1 aromatic carbocycles. The molecule has 4 rings (SSSR count). The van der Waals surface area contributed by atoms with Crippen LogP contribution in [0, 0.1) is 5.82 Å². The van der Waals surface area contributed by atoms with E-state index in [1.165, 1.54) is 0 Å². The molecule has 1 saturated carbocycles. The van der Waals surface area contributed by atoms with Gasteiger partial charge in [-0.05, 0) is 50.2 Å². The maximum atomic E-state index is 14.2. The third-order valence-corrected chi connectivity index (χ3v) is 6.38. The van der Waals surface area contributed by atoms with Crippen LogP contribution in [0.4, 0.5) is 4.39 Å². The zero-order valence-electron chi connectivity index (χ0n) is 16.8. The lowest BCUT2D eigenvalue weighted by atomic mass is 9.95. The second-order valence-corrected chi connectivity index (χ2v) is 8.32. The summed E-state index contributed by atoms with van der Waals surface area (Å²) < 4.78 is 25.9. The fourth-order valence-electron chi connectivity index (χ4n) is 4.42. The van der Waals surface area contributed by atoms with Crippen molar-refractivity contribution in [3.8, 4) is 0 Å². The van der Waals surface area contributed by atoms with Crippen molar-refractivity contribution in [3.63, 3.8) is 0 Å². The van der Waals surface area contributed by atoms with Crippen LogP contribution in [0.25, 0.3) is 0 Å². The van der Waals surface area contributed by atoms with Crippen molar-refractivity contribution in [2.24, 2.45) is 4.99 Å². The number of likely N-dealkylation sites (tertiary alicyclic amines) is 1. The van der Waals surface area contributed by atoms with E-state index in [1.807, 2.05) is 19.2 Å². The zero-order valence-corrected chi connectivity index (χ0v) is 16.8. The highest BCUT2D eigenvalue weighted by atomic mass is 19.1. The molecule has 0 aromatic heterocycles. The van der Waals surface area contributed by atoms with Crippen molar-refractivity contribution < 1.29 is 13.9 Å². The molecule has 2 heterocycles. The molecule has 1 unspecified atom stereocenters. The molecule has 2 saturated heterocycles. The van der Waals surface area contributed by atoms with E-state index in [-0.39, 0.29) is 11.2 Å². The summed E-state index contributed by atoms with van der Waals surface area (Å²) in [5, 5.41) is 3.51. The van der Waals surface area contributed by atoms with Crippen LogP contribution in [0.2, 0.25) is 0 Å². The Morgan fingerprint density at radius 3 is 2.71 bits per heavy atom. The van der Waals surface area contributed by atoms with E-state index in [0.717, 1.165) is 82.9 Å². The van der Waals surface area contributed by atoms with Crippen LogP contribution in [-0.2, 0) is 14.9 Å². The van der Waals surface area contributed by atoms with Crippen LogP contribution in [-0.4, -0.2) is 63.0 Å². The molecule has 2 aliphatic heterocycles. The number of hydrogen-bond donors (Lipinski definition) is 1. The summed E-state index contributed by atoms with van der Waals surface area (Å²) >= 11 is 0. The van der Waals surface area contributed by atoms with Crippen molar-refractivity contribution in [2.75, 3.05) is 39.9 Å². The molecule has 0 spiro atoms. The molecular weight excluding hydrogens is 357 g/mol. The number of nitrogens with one attached hydrogen (secondary N) is 1. The van der Waals surface area contributed by atoms with E-state index < -0.39 is 0 Å². The largest absolute Gasteiger partial charge is 0.376 e. The Hall–Kier alpha value is -1.66. The number of halogens is 1. The molecule has 0 amide bonds. The third kappa shape index (κ3) is 4.49. The minimum atomic E-state index is -0.0963. The lowest BCUT2D eigenvalue weighted by Gasteiger charge is -2.35. The van der Waals surface area contributed by atoms with Crippen molar-refractivity contribution in [3.05, 3.63) is 35.6 Å². The molecule has 0 radical (unpaired) electrons. The number of aliphatic imine (C=N–C) groups is 1. The second kappa shape index (κ2) is 8.78. The van der Waals surface area contributed by atoms with Crippen LogP contribution in [0.3, 0.4) is 0 Å². The van der Waals surface area contributed by atoms with Crippen molar-refractivity contribution in [1.82, 2.24) is 10.2 Å². The number of piperidine rings is 1. The molecule has 28 heavy (non-hydrogen) atoms. The van der Waals surface area contributed by atoms with Gasteiger partial charge in [-0.15, -0.1) is 0 Å². The molecule has 1 aromatic rings. The van der Waals surface area contributed by atoms with Crippen LogP contribution in [0.15, 0.2) is 29.3 Å². The number of benzene rings is 1. The summed E-state index contributed by atoms with van der Waals surface area (Å²) in [5.74, 6) is 0.821. The van der Waals surface area contributed by atoms with Gasteiger partial charge < -0.3 is 19.7 Å². The number of rotatable bonds is 6. The average Bonchev–Trinajstić information content (AvgIpc) is 3.32. The van der Waals surface area contributed by atoms with E-state index in [1.54, 1.807) is 12.1 Å². The van der Waals surface area contributed by atoms with Gasteiger partial charge in [-0.25, -0.2) is 4.39 Å². The molecule has 5 nitrogen and oxygen atoms in total. The van der Waals surface area contributed by atoms with Crippen LogP contribution in [0.5, 0.6) is 0 Å². The van der Waals surface area contributed by atoms with Gasteiger partial charge in [0.2, 0.25) is 0 Å². The van der Waals surface area contributed by atoms with Gasteiger partial charge in [-0.3, -0.25) is 4.99 Å². The predicted octanol–water partition coefficient (Wildman–Crippen LogP) is 3.09. The molecule has 154 valence electrons. The first-order valence-electron chi connectivity index (χ1n) is 10.6.